The molecule has 1 unspecified atom stereocenters. The highest BCUT2D eigenvalue weighted by Gasteiger charge is 2.33. The summed E-state index contributed by atoms with van der Waals surface area (Å²) < 4.78 is 29.7. The average molecular weight is 555 g/mol. The van der Waals surface area contributed by atoms with E-state index in [-0.39, 0.29) is 0 Å². The Balaban J connectivity index is 1.67. The van der Waals surface area contributed by atoms with Crippen molar-refractivity contribution in [2.45, 2.75) is 89.3 Å². The normalized spacial score (nSPS) is 12.9. The molecule has 34 heavy (non-hydrogen) atoms. The van der Waals surface area contributed by atoms with E-state index in [0.717, 1.165) is 18.4 Å². The SMILES string of the molecule is CCCCCCCCCCCCCCOOP(=O)(Oc1ccccc1)Oc1cccc(CBr)c1. The predicted octanol–water partition coefficient (Wildman–Crippen LogP) is 9.80. The highest BCUT2D eigenvalue weighted by Crippen LogP contribution is 2.50. The zero-order chi connectivity index (χ0) is 24.3. The molecule has 0 radical (unpaired) electrons. The molecule has 2 rings (SSSR count). The lowest BCUT2D eigenvalue weighted by molar-refractivity contribution is -0.220. The molecule has 0 amide bonds. The minimum Gasteiger partial charge on any atom is -0.394 e. The van der Waals surface area contributed by atoms with Crippen molar-refractivity contribution in [2.24, 2.45) is 0 Å². The van der Waals surface area contributed by atoms with Crippen LogP contribution in [0.2, 0.25) is 0 Å². The number of hydrogen-bond donors (Lipinski definition) is 0. The van der Waals surface area contributed by atoms with Gasteiger partial charge in [0.25, 0.3) is 0 Å². The number of rotatable bonds is 20. The van der Waals surface area contributed by atoms with E-state index in [1.54, 1.807) is 36.4 Å². The Labute approximate surface area is 214 Å². The topological polar surface area (TPSA) is 54.0 Å². The van der Waals surface area contributed by atoms with Crippen LogP contribution >= 0.6 is 23.8 Å². The van der Waals surface area contributed by atoms with Crippen LogP contribution in [0, 0.1) is 0 Å². The van der Waals surface area contributed by atoms with Gasteiger partial charge in [-0.25, -0.2) is 9.45 Å². The summed E-state index contributed by atoms with van der Waals surface area (Å²) in [6, 6.07) is 16.1. The Bertz CT molecular complexity index is 818. The zero-order valence-corrected chi connectivity index (χ0v) is 22.9. The van der Waals surface area contributed by atoms with Crippen molar-refractivity contribution in [3.05, 3.63) is 60.2 Å². The lowest BCUT2D eigenvalue weighted by Crippen LogP contribution is -2.07. The highest BCUT2D eigenvalue weighted by molar-refractivity contribution is 9.08. The Morgan fingerprint density at radius 2 is 1.26 bits per heavy atom. The van der Waals surface area contributed by atoms with Crippen molar-refractivity contribution >= 4 is 23.8 Å². The first-order valence-corrected chi connectivity index (χ1v) is 15.2. The zero-order valence-electron chi connectivity index (χ0n) is 20.5. The molecule has 0 aliphatic carbocycles. The first-order chi connectivity index (χ1) is 16.6. The van der Waals surface area contributed by atoms with Crippen LogP contribution in [0.3, 0.4) is 0 Å². The molecule has 2 aromatic carbocycles. The summed E-state index contributed by atoms with van der Waals surface area (Å²) in [5.41, 5.74) is 0.987. The Morgan fingerprint density at radius 3 is 1.88 bits per heavy atom. The minimum atomic E-state index is -4.02. The smallest absolute Gasteiger partial charge is 0.394 e. The maximum absolute atomic E-state index is 13.3. The molecule has 0 aromatic heterocycles. The number of halogens is 1. The van der Waals surface area contributed by atoms with Crippen LogP contribution in [0.25, 0.3) is 0 Å². The summed E-state index contributed by atoms with van der Waals surface area (Å²) in [6.07, 6.45) is 15.1. The first kappa shape index (κ1) is 28.9. The third-order valence-corrected chi connectivity index (χ3v) is 7.26. The minimum absolute atomic E-state index is 0.338. The van der Waals surface area contributed by atoms with Crippen molar-refractivity contribution < 1.29 is 23.2 Å². The Hall–Kier alpha value is -1.33. The van der Waals surface area contributed by atoms with Gasteiger partial charge in [0.1, 0.15) is 11.5 Å². The maximum atomic E-state index is 13.3. The van der Waals surface area contributed by atoms with E-state index in [9.17, 15) is 4.57 Å². The van der Waals surface area contributed by atoms with E-state index in [4.69, 9.17) is 18.6 Å². The van der Waals surface area contributed by atoms with E-state index >= 15 is 0 Å². The maximum Gasteiger partial charge on any atom is 0.615 e. The number of phosphoric ester groups is 1. The van der Waals surface area contributed by atoms with Crippen LogP contribution in [0.4, 0.5) is 0 Å². The molecule has 7 heteroatoms. The highest BCUT2D eigenvalue weighted by atomic mass is 79.9. The fraction of sp³-hybridized carbons (Fsp3) is 0.556. The number of benzene rings is 2. The Morgan fingerprint density at radius 1 is 0.706 bits per heavy atom. The third kappa shape index (κ3) is 12.9. The van der Waals surface area contributed by atoms with Gasteiger partial charge < -0.3 is 9.05 Å². The summed E-state index contributed by atoms with van der Waals surface area (Å²) in [6.45, 7) is 2.59. The average Bonchev–Trinajstić information content (AvgIpc) is 2.85. The van der Waals surface area contributed by atoms with Crippen molar-refractivity contribution in [1.29, 1.82) is 0 Å². The third-order valence-electron chi connectivity index (χ3n) is 5.46. The molecule has 1 atom stereocenters. The summed E-state index contributed by atoms with van der Waals surface area (Å²) >= 11 is 3.41. The largest absolute Gasteiger partial charge is 0.615 e. The van der Waals surface area contributed by atoms with Gasteiger partial charge in [0.15, 0.2) is 0 Å². The molecule has 0 heterocycles. The standard InChI is InChI=1S/C27H40BrO5P/c1-2-3-4-5-6-7-8-9-10-11-12-16-22-30-33-34(29,31-26-19-14-13-15-20-26)32-27-21-17-18-25(23-27)24-28/h13-15,17-21,23H,2-12,16,22,24H2,1H3. The lowest BCUT2D eigenvalue weighted by atomic mass is 10.1. The molecule has 0 saturated carbocycles. The van der Waals surface area contributed by atoms with Gasteiger partial charge in [0.05, 0.1) is 6.61 Å². The summed E-state index contributed by atoms with van der Waals surface area (Å²) in [4.78, 5) is 5.27. The van der Waals surface area contributed by atoms with Crippen LogP contribution < -0.4 is 9.05 Å². The van der Waals surface area contributed by atoms with E-state index in [1.165, 1.54) is 64.2 Å². The van der Waals surface area contributed by atoms with Gasteiger partial charge in [-0.15, -0.1) is 4.67 Å². The van der Waals surface area contributed by atoms with Crippen molar-refractivity contribution in [1.82, 2.24) is 0 Å². The summed E-state index contributed by atoms with van der Waals surface area (Å²) in [5, 5.41) is 0.657. The predicted molar refractivity (Wildman–Crippen MR) is 142 cm³/mol. The van der Waals surface area contributed by atoms with E-state index in [0.29, 0.717) is 23.4 Å². The van der Waals surface area contributed by atoms with Crippen LogP contribution in [-0.4, -0.2) is 6.61 Å². The van der Waals surface area contributed by atoms with E-state index in [1.807, 2.05) is 18.2 Å². The molecule has 190 valence electrons. The van der Waals surface area contributed by atoms with Gasteiger partial charge in [-0.3, -0.25) is 0 Å². The van der Waals surface area contributed by atoms with Crippen LogP contribution in [-0.2, 0) is 19.5 Å². The molecule has 0 saturated heterocycles. The molecule has 0 aliphatic heterocycles. The summed E-state index contributed by atoms with van der Waals surface area (Å²) in [5.74, 6) is 0.779. The molecule has 5 nitrogen and oxygen atoms in total. The second-order valence-corrected chi connectivity index (χ2v) is 10.5. The van der Waals surface area contributed by atoms with Crippen LogP contribution in [0.1, 0.15) is 89.5 Å². The van der Waals surface area contributed by atoms with Gasteiger partial charge in [0.2, 0.25) is 0 Å². The second kappa shape index (κ2) is 18.0. The number of unbranched alkanes of at least 4 members (excludes halogenated alkanes) is 11. The van der Waals surface area contributed by atoms with Gasteiger partial charge in [-0.2, -0.15) is 0 Å². The molecule has 0 spiro atoms. The number of hydrogen-bond acceptors (Lipinski definition) is 5. The molecule has 0 fully saturated rings. The molecular formula is C27H40BrO5P. The van der Waals surface area contributed by atoms with Crippen LogP contribution in [0.15, 0.2) is 54.6 Å². The van der Waals surface area contributed by atoms with Crippen molar-refractivity contribution in [3.63, 3.8) is 0 Å². The lowest BCUT2D eigenvalue weighted by Gasteiger charge is -2.18. The molecular weight excluding hydrogens is 515 g/mol. The van der Waals surface area contributed by atoms with Crippen molar-refractivity contribution in [3.8, 4) is 11.5 Å². The molecule has 0 N–H and O–H groups in total. The fourth-order valence-electron chi connectivity index (χ4n) is 3.58. The van der Waals surface area contributed by atoms with Gasteiger partial charge in [0, 0.05) is 5.33 Å². The van der Waals surface area contributed by atoms with Gasteiger partial charge in [-0.1, -0.05) is 124 Å². The van der Waals surface area contributed by atoms with E-state index < -0.39 is 7.82 Å². The van der Waals surface area contributed by atoms with Crippen molar-refractivity contribution in [2.75, 3.05) is 6.61 Å². The molecule has 0 aliphatic rings. The quantitative estimate of drug-likeness (QED) is 0.0535. The molecule has 0 bridgehead atoms. The first-order valence-electron chi connectivity index (χ1n) is 12.7. The molecule has 2 aromatic rings. The number of para-hydroxylation sites is 1. The van der Waals surface area contributed by atoms with E-state index in [2.05, 4.69) is 22.9 Å². The Kier molecular flexibility index (Phi) is 15.3. The van der Waals surface area contributed by atoms with Gasteiger partial charge in [-0.05, 0) is 36.2 Å². The fourth-order valence-corrected chi connectivity index (χ4v) is 4.98. The number of alkyl halides is 1. The second-order valence-electron chi connectivity index (χ2n) is 8.51. The monoisotopic (exact) mass is 554 g/mol. The number of phosphoric acid groups is 1. The summed E-state index contributed by atoms with van der Waals surface area (Å²) in [7, 11) is -4.02. The van der Waals surface area contributed by atoms with Crippen LogP contribution in [0.5, 0.6) is 11.5 Å². The van der Waals surface area contributed by atoms with Gasteiger partial charge >= 0.3 is 7.82 Å².